The molecule has 19 heavy (non-hydrogen) atoms. The van der Waals surface area contributed by atoms with Gasteiger partial charge in [-0.15, -0.1) is 11.8 Å². The first-order chi connectivity index (χ1) is 9.10. The van der Waals surface area contributed by atoms with E-state index in [0.717, 1.165) is 15.7 Å². The predicted octanol–water partition coefficient (Wildman–Crippen LogP) is 5.48. The number of anilines is 1. The zero-order valence-corrected chi connectivity index (χ0v) is 13.2. The van der Waals surface area contributed by atoms with Gasteiger partial charge in [0.15, 0.2) is 0 Å². The lowest BCUT2D eigenvalue weighted by Crippen LogP contribution is -2.07. The Hall–Kier alpha value is -1.000. The second-order valence-corrected chi connectivity index (χ2v) is 5.99. The number of thioether (sulfide) groups is 1. The largest absolute Gasteiger partial charge is 0.378 e. The van der Waals surface area contributed by atoms with Gasteiger partial charge in [-0.05, 0) is 55.1 Å². The van der Waals surface area contributed by atoms with E-state index in [-0.39, 0.29) is 11.9 Å². The summed E-state index contributed by atoms with van der Waals surface area (Å²) < 4.78 is 13.9. The quantitative estimate of drug-likeness (QED) is 0.740. The highest BCUT2D eigenvalue weighted by Gasteiger charge is 2.10. The number of hydrogen-bond donors (Lipinski definition) is 1. The molecule has 0 radical (unpaired) electrons. The van der Waals surface area contributed by atoms with E-state index >= 15 is 0 Å². The van der Waals surface area contributed by atoms with E-state index in [2.05, 4.69) is 58.7 Å². The highest BCUT2D eigenvalue weighted by atomic mass is 79.9. The Morgan fingerprint density at radius 2 is 1.84 bits per heavy atom. The molecule has 2 rings (SSSR count). The molecule has 0 aliphatic carbocycles. The lowest BCUT2D eigenvalue weighted by atomic mass is 10.1. The smallest absolute Gasteiger partial charge is 0.124 e. The fraction of sp³-hybridized carbons (Fsp3) is 0.200. The van der Waals surface area contributed by atoms with Gasteiger partial charge < -0.3 is 5.32 Å². The number of rotatable bonds is 4. The van der Waals surface area contributed by atoms with Crippen molar-refractivity contribution in [1.29, 1.82) is 0 Å². The Labute approximate surface area is 125 Å². The van der Waals surface area contributed by atoms with Gasteiger partial charge in [-0.3, -0.25) is 0 Å². The van der Waals surface area contributed by atoms with Gasteiger partial charge in [0.05, 0.1) is 0 Å². The van der Waals surface area contributed by atoms with E-state index in [0.29, 0.717) is 0 Å². The molecule has 2 aromatic rings. The standard InChI is InChI=1S/C15H15BrFNS/c1-10(14-8-3-11(17)9-15(14)16)18-12-4-6-13(19-2)7-5-12/h3-10,18H,1-2H3. The third kappa shape index (κ3) is 3.74. The normalized spacial score (nSPS) is 12.2. The highest BCUT2D eigenvalue weighted by Crippen LogP contribution is 2.27. The zero-order chi connectivity index (χ0) is 13.8. The zero-order valence-electron chi connectivity index (χ0n) is 10.8. The maximum Gasteiger partial charge on any atom is 0.124 e. The third-order valence-electron chi connectivity index (χ3n) is 2.90. The van der Waals surface area contributed by atoms with E-state index in [1.807, 2.05) is 0 Å². The number of halogens is 2. The molecule has 0 amide bonds. The van der Waals surface area contributed by atoms with Crippen molar-refractivity contribution in [1.82, 2.24) is 0 Å². The number of nitrogens with one attached hydrogen (secondary N) is 1. The molecule has 1 unspecified atom stereocenters. The van der Waals surface area contributed by atoms with Gasteiger partial charge in [-0.1, -0.05) is 22.0 Å². The summed E-state index contributed by atoms with van der Waals surface area (Å²) in [6.07, 6.45) is 2.06. The van der Waals surface area contributed by atoms with Crippen LogP contribution in [0, 0.1) is 5.82 Å². The molecule has 4 heteroatoms. The molecule has 0 spiro atoms. The molecule has 1 nitrogen and oxygen atoms in total. The molecule has 0 aliphatic rings. The van der Waals surface area contributed by atoms with Crippen LogP contribution in [0.2, 0.25) is 0 Å². The Kier molecular flexibility index (Phi) is 4.88. The summed E-state index contributed by atoms with van der Waals surface area (Å²) in [7, 11) is 0. The first kappa shape index (κ1) is 14.4. The molecule has 0 bridgehead atoms. The summed E-state index contributed by atoms with van der Waals surface area (Å²) in [6, 6.07) is 13.2. The molecule has 1 N–H and O–H groups in total. The van der Waals surface area contributed by atoms with Crippen LogP contribution in [-0.4, -0.2) is 6.26 Å². The van der Waals surface area contributed by atoms with Crippen molar-refractivity contribution in [3.63, 3.8) is 0 Å². The second-order valence-electron chi connectivity index (χ2n) is 4.26. The van der Waals surface area contributed by atoms with Crippen molar-refractivity contribution in [2.45, 2.75) is 17.9 Å². The Balaban J connectivity index is 2.13. The van der Waals surface area contributed by atoms with Crippen LogP contribution < -0.4 is 5.32 Å². The second kappa shape index (κ2) is 6.44. The third-order valence-corrected chi connectivity index (χ3v) is 4.33. The minimum Gasteiger partial charge on any atom is -0.378 e. The van der Waals surface area contributed by atoms with Crippen LogP contribution in [0.1, 0.15) is 18.5 Å². The molecular weight excluding hydrogens is 325 g/mol. The summed E-state index contributed by atoms with van der Waals surface area (Å²) in [5.74, 6) is -0.229. The summed E-state index contributed by atoms with van der Waals surface area (Å²) in [5.41, 5.74) is 2.09. The molecular formula is C15H15BrFNS. The van der Waals surface area contributed by atoms with E-state index < -0.39 is 0 Å². The minimum atomic E-state index is -0.229. The predicted molar refractivity (Wildman–Crippen MR) is 84.4 cm³/mol. The van der Waals surface area contributed by atoms with Crippen LogP contribution in [0.25, 0.3) is 0 Å². The first-order valence-corrected chi connectivity index (χ1v) is 7.97. The van der Waals surface area contributed by atoms with Gasteiger partial charge in [0.25, 0.3) is 0 Å². The van der Waals surface area contributed by atoms with Gasteiger partial charge in [0.1, 0.15) is 5.82 Å². The molecule has 0 aromatic heterocycles. The van der Waals surface area contributed by atoms with E-state index in [9.17, 15) is 4.39 Å². The molecule has 2 aromatic carbocycles. The fourth-order valence-corrected chi connectivity index (χ4v) is 2.97. The minimum absolute atomic E-state index is 0.107. The lowest BCUT2D eigenvalue weighted by molar-refractivity contribution is 0.625. The maximum absolute atomic E-state index is 13.1. The summed E-state index contributed by atoms with van der Waals surface area (Å²) in [5, 5.41) is 3.41. The molecule has 100 valence electrons. The molecule has 0 saturated heterocycles. The highest BCUT2D eigenvalue weighted by molar-refractivity contribution is 9.10. The lowest BCUT2D eigenvalue weighted by Gasteiger charge is -2.17. The number of benzene rings is 2. The topological polar surface area (TPSA) is 12.0 Å². The molecule has 1 atom stereocenters. The molecule has 0 fully saturated rings. The molecule has 0 aliphatic heterocycles. The van der Waals surface area contributed by atoms with Crippen molar-refractivity contribution in [2.75, 3.05) is 11.6 Å². The van der Waals surface area contributed by atoms with Crippen molar-refractivity contribution in [3.8, 4) is 0 Å². The van der Waals surface area contributed by atoms with Crippen LogP contribution in [-0.2, 0) is 0 Å². The Morgan fingerprint density at radius 1 is 1.16 bits per heavy atom. The average molecular weight is 340 g/mol. The SMILES string of the molecule is CSc1ccc(NC(C)c2ccc(F)cc2Br)cc1. The monoisotopic (exact) mass is 339 g/mol. The van der Waals surface area contributed by atoms with E-state index in [1.165, 1.54) is 17.0 Å². The number of hydrogen-bond acceptors (Lipinski definition) is 2. The van der Waals surface area contributed by atoms with Crippen LogP contribution in [0.4, 0.5) is 10.1 Å². The van der Waals surface area contributed by atoms with Crippen molar-refractivity contribution < 1.29 is 4.39 Å². The first-order valence-electron chi connectivity index (χ1n) is 5.95. The van der Waals surface area contributed by atoms with Crippen LogP contribution in [0.15, 0.2) is 51.8 Å². The molecule has 0 saturated carbocycles. The summed E-state index contributed by atoms with van der Waals surface area (Å²) in [6.45, 7) is 2.06. The summed E-state index contributed by atoms with van der Waals surface area (Å²) >= 11 is 5.12. The Morgan fingerprint density at radius 3 is 2.42 bits per heavy atom. The van der Waals surface area contributed by atoms with Crippen LogP contribution >= 0.6 is 27.7 Å². The van der Waals surface area contributed by atoms with Gasteiger partial charge >= 0.3 is 0 Å². The van der Waals surface area contributed by atoms with Gasteiger partial charge in [0, 0.05) is 21.1 Å². The van der Waals surface area contributed by atoms with Gasteiger partial charge in [-0.2, -0.15) is 0 Å². The summed E-state index contributed by atoms with van der Waals surface area (Å²) in [4.78, 5) is 1.24. The van der Waals surface area contributed by atoms with Crippen molar-refractivity contribution in [2.24, 2.45) is 0 Å². The average Bonchev–Trinajstić information content (AvgIpc) is 2.39. The fourth-order valence-electron chi connectivity index (χ4n) is 1.87. The van der Waals surface area contributed by atoms with Crippen molar-refractivity contribution >= 4 is 33.4 Å². The van der Waals surface area contributed by atoms with Crippen LogP contribution in [0.3, 0.4) is 0 Å². The molecule has 0 heterocycles. The van der Waals surface area contributed by atoms with E-state index in [4.69, 9.17) is 0 Å². The Bertz CT molecular complexity index is 557. The van der Waals surface area contributed by atoms with Crippen LogP contribution in [0.5, 0.6) is 0 Å². The van der Waals surface area contributed by atoms with E-state index in [1.54, 1.807) is 17.8 Å². The maximum atomic E-state index is 13.1. The van der Waals surface area contributed by atoms with Gasteiger partial charge in [-0.25, -0.2) is 4.39 Å². The van der Waals surface area contributed by atoms with Crippen molar-refractivity contribution in [3.05, 3.63) is 58.3 Å². The van der Waals surface area contributed by atoms with Gasteiger partial charge in [0.2, 0.25) is 0 Å².